The summed E-state index contributed by atoms with van der Waals surface area (Å²) in [6, 6.07) is 0.0365. The van der Waals surface area contributed by atoms with Crippen LogP contribution in [0.3, 0.4) is 0 Å². The van der Waals surface area contributed by atoms with Gasteiger partial charge in [0.2, 0.25) is 5.91 Å². The molecule has 0 spiro atoms. The van der Waals surface area contributed by atoms with Crippen LogP contribution in [-0.2, 0) is 14.3 Å². The molecule has 0 aromatic heterocycles. The van der Waals surface area contributed by atoms with Gasteiger partial charge in [0.05, 0.1) is 6.42 Å². The predicted octanol–water partition coefficient (Wildman–Crippen LogP) is 1.12. The molecular formula is C11H21NO4. The van der Waals surface area contributed by atoms with Crippen LogP contribution < -0.4 is 0 Å². The second-order valence-corrected chi connectivity index (χ2v) is 3.92. The molecule has 0 heterocycles. The number of carboxylic acid groups (broad SMARTS) is 1. The van der Waals surface area contributed by atoms with Gasteiger partial charge in [0.15, 0.2) is 0 Å². The van der Waals surface area contributed by atoms with Crippen molar-refractivity contribution in [3.8, 4) is 0 Å². The van der Waals surface area contributed by atoms with E-state index in [-0.39, 0.29) is 24.9 Å². The van der Waals surface area contributed by atoms with Gasteiger partial charge in [-0.2, -0.15) is 0 Å². The van der Waals surface area contributed by atoms with Crippen molar-refractivity contribution in [2.24, 2.45) is 0 Å². The number of amides is 1. The van der Waals surface area contributed by atoms with Gasteiger partial charge in [-0.15, -0.1) is 0 Å². The van der Waals surface area contributed by atoms with Gasteiger partial charge in [-0.3, -0.25) is 9.59 Å². The van der Waals surface area contributed by atoms with Gasteiger partial charge in [-0.1, -0.05) is 0 Å². The quantitative estimate of drug-likeness (QED) is 0.636. The number of nitrogens with zero attached hydrogens (tertiary/aromatic N) is 1. The molecule has 94 valence electrons. The molecule has 0 fully saturated rings. The molecule has 0 saturated carbocycles. The number of aliphatic carboxylic acids is 1. The van der Waals surface area contributed by atoms with E-state index in [1.807, 2.05) is 13.8 Å². The monoisotopic (exact) mass is 231 g/mol. The lowest BCUT2D eigenvalue weighted by Gasteiger charge is -2.26. The van der Waals surface area contributed by atoms with E-state index in [1.54, 1.807) is 12.0 Å². The SMILES string of the molecule is COCCCC(=O)N(CCC(=O)O)C(C)C. The van der Waals surface area contributed by atoms with Gasteiger partial charge in [0, 0.05) is 32.7 Å². The Morgan fingerprint density at radius 2 is 1.94 bits per heavy atom. The largest absolute Gasteiger partial charge is 0.481 e. The predicted molar refractivity (Wildman–Crippen MR) is 60.2 cm³/mol. The van der Waals surface area contributed by atoms with E-state index in [2.05, 4.69) is 0 Å². The maximum absolute atomic E-state index is 11.7. The Morgan fingerprint density at radius 3 is 2.38 bits per heavy atom. The Labute approximate surface area is 96.4 Å². The fraction of sp³-hybridized carbons (Fsp3) is 0.818. The van der Waals surface area contributed by atoms with E-state index in [0.717, 1.165) is 0 Å². The van der Waals surface area contributed by atoms with Crippen LogP contribution in [0.15, 0.2) is 0 Å². The van der Waals surface area contributed by atoms with E-state index >= 15 is 0 Å². The summed E-state index contributed by atoms with van der Waals surface area (Å²) < 4.78 is 4.87. The van der Waals surface area contributed by atoms with Crippen molar-refractivity contribution >= 4 is 11.9 Å². The highest BCUT2D eigenvalue weighted by Gasteiger charge is 2.17. The molecule has 0 aliphatic carbocycles. The molecule has 16 heavy (non-hydrogen) atoms. The second kappa shape index (κ2) is 8.10. The number of carbonyl (C=O) groups excluding carboxylic acids is 1. The Bertz CT molecular complexity index is 228. The fourth-order valence-electron chi connectivity index (χ4n) is 1.40. The third-order valence-corrected chi connectivity index (χ3v) is 2.25. The minimum Gasteiger partial charge on any atom is -0.481 e. The smallest absolute Gasteiger partial charge is 0.305 e. The van der Waals surface area contributed by atoms with Crippen LogP contribution in [0, 0.1) is 0 Å². The molecule has 1 amide bonds. The van der Waals surface area contributed by atoms with Gasteiger partial charge in [-0.05, 0) is 20.3 Å². The fourth-order valence-corrected chi connectivity index (χ4v) is 1.40. The van der Waals surface area contributed by atoms with Crippen LogP contribution in [0.4, 0.5) is 0 Å². The highest BCUT2D eigenvalue weighted by Crippen LogP contribution is 2.05. The zero-order valence-corrected chi connectivity index (χ0v) is 10.2. The molecule has 0 aromatic rings. The topological polar surface area (TPSA) is 66.8 Å². The molecule has 1 N–H and O–H groups in total. The number of ether oxygens (including phenoxy) is 1. The van der Waals surface area contributed by atoms with Gasteiger partial charge >= 0.3 is 5.97 Å². The van der Waals surface area contributed by atoms with Crippen molar-refractivity contribution in [1.82, 2.24) is 4.90 Å². The highest BCUT2D eigenvalue weighted by molar-refractivity contribution is 5.77. The molecule has 0 bridgehead atoms. The number of carbonyl (C=O) groups is 2. The van der Waals surface area contributed by atoms with Gasteiger partial charge < -0.3 is 14.7 Å². The molecule has 0 radical (unpaired) electrons. The highest BCUT2D eigenvalue weighted by atomic mass is 16.5. The third-order valence-electron chi connectivity index (χ3n) is 2.25. The first-order valence-electron chi connectivity index (χ1n) is 5.49. The number of methoxy groups -OCH3 is 1. The van der Waals surface area contributed by atoms with Crippen LogP contribution >= 0.6 is 0 Å². The molecule has 0 saturated heterocycles. The summed E-state index contributed by atoms with van der Waals surface area (Å²) in [7, 11) is 1.59. The van der Waals surface area contributed by atoms with E-state index < -0.39 is 5.97 Å². The van der Waals surface area contributed by atoms with Crippen LogP contribution in [0.5, 0.6) is 0 Å². The first-order chi connectivity index (χ1) is 7.49. The summed E-state index contributed by atoms with van der Waals surface area (Å²) in [6.45, 7) is 4.60. The molecule has 5 nitrogen and oxygen atoms in total. The molecule has 5 heteroatoms. The lowest BCUT2D eigenvalue weighted by atomic mass is 10.2. The number of hydrogen-bond donors (Lipinski definition) is 1. The lowest BCUT2D eigenvalue weighted by Crippen LogP contribution is -2.38. The maximum atomic E-state index is 11.7. The normalized spacial score (nSPS) is 10.5. The van der Waals surface area contributed by atoms with Crippen molar-refractivity contribution in [2.75, 3.05) is 20.3 Å². The van der Waals surface area contributed by atoms with Crippen LogP contribution in [0.2, 0.25) is 0 Å². The summed E-state index contributed by atoms with van der Waals surface area (Å²) in [5, 5.41) is 8.58. The Balaban J connectivity index is 4.08. The van der Waals surface area contributed by atoms with E-state index in [9.17, 15) is 9.59 Å². The minimum absolute atomic E-state index is 0.00576. The van der Waals surface area contributed by atoms with Crippen molar-refractivity contribution in [3.05, 3.63) is 0 Å². The summed E-state index contributed by atoms with van der Waals surface area (Å²) in [5.74, 6) is -0.886. The van der Waals surface area contributed by atoms with Crippen molar-refractivity contribution in [3.63, 3.8) is 0 Å². The number of hydrogen-bond acceptors (Lipinski definition) is 3. The zero-order valence-electron chi connectivity index (χ0n) is 10.2. The summed E-state index contributed by atoms with van der Waals surface area (Å²) >= 11 is 0. The first kappa shape index (κ1) is 14.9. The molecule has 0 rings (SSSR count). The van der Waals surface area contributed by atoms with Crippen LogP contribution in [-0.4, -0.2) is 48.2 Å². The summed E-state index contributed by atoms with van der Waals surface area (Å²) in [4.78, 5) is 23.8. The van der Waals surface area contributed by atoms with Crippen molar-refractivity contribution in [2.45, 2.75) is 39.2 Å². The number of carboxylic acids is 1. The molecule has 0 aliphatic rings. The molecule has 0 aliphatic heterocycles. The average Bonchev–Trinajstić information content (AvgIpc) is 2.17. The average molecular weight is 231 g/mol. The number of rotatable bonds is 8. The van der Waals surface area contributed by atoms with E-state index in [4.69, 9.17) is 9.84 Å². The first-order valence-corrected chi connectivity index (χ1v) is 5.49. The second-order valence-electron chi connectivity index (χ2n) is 3.92. The van der Waals surface area contributed by atoms with Gasteiger partial charge in [0.25, 0.3) is 0 Å². The standard InChI is InChI=1S/C11H21NO4/c1-9(2)12(7-6-11(14)15)10(13)5-4-8-16-3/h9H,4-8H2,1-3H3,(H,14,15). The Kier molecular flexibility index (Phi) is 7.54. The Hall–Kier alpha value is -1.10. The summed E-state index contributed by atoms with van der Waals surface area (Å²) in [6.07, 6.45) is 1.07. The Morgan fingerprint density at radius 1 is 1.31 bits per heavy atom. The molecule has 0 atom stereocenters. The van der Waals surface area contributed by atoms with Gasteiger partial charge in [-0.25, -0.2) is 0 Å². The van der Waals surface area contributed by atoms with Crippen LogP contribution in [0.25, 0.3) is 0 Å². The van der Waals surface area contributed by atoms with E-state index in [1.165, 1.54) is 0 Å². The molecular weight excluding hydrogens is 210 g/mol. The zero-order chi connectivity index (χ0) is 12.6. The third kappa shape index (κ3) is 6.40. The van der Waals surface area contributed by atoms with Gasteiger partial charge in [0.1, 0.15) is 0 Å². The van der Waals surface area contributed by atoms with Crippen molar-refractivity contribution in [1.29, 1.82) is 0 Å². The summed E-state index contributed by atoms with van der Waals surface area (Å²) in [5.41, 5.74) is 0. The van der Waals surface area contributed by atoms with Crippen LogP contribution in [0.1, 0.15) is 33.1 Å². The maximum Gasteiger partial charge on any atom is 0.305 e. The van der Waals surface area contributed by atoms with Crippen molar-refractivity contribution < 1.29 is 19.4 Å². The van der Waals surface area contributed by atoms with E-state index in [0.29, 0.717) is 19.4 Å². The lowest BCUT2D eigenvalue weighted by molar-refractivity contribution is -0.139. The molecule has 0 aromatic carbocycles. The minimum atomic E-state index is -0.879. The molecule has 0 unspecified atom stereocenters.